The van der Waals surface area contributed by atoms with E-state index in [1.54, 1.807) is 6.20 Å². The van der Waals surface area contributed by atoms with Crippen LogP contribution in [-0.4, -0.2) is 36.4 Å². The third-order valence-corrected chi connectivity index (χ3v) is 5.02. The molecule has 100 valence electrons. The number of rotatable bonds is 3. The first-order valence-corrected chi connectivity index (χ1v) is 8.03. The Morgan fingerprint density at radius 3 is 2.67 bits per heavy atom. The molecule has 5 nitrogen and oxygen atoms in total. The smallest absolute Gasteiger partial charge is 0.150 e. The molecule has 1 fully saturated rings. The van der Waals surface area contributed by atoms with Gasteiger partial charge in [-0.2, -0.15) is 0 Å². The predicted octanol–water partition coefficient (Wildman–Crippen LogP) is 1.33. The highest BCUT2D eigenvalue weighted by atomic mass is 32.2. The van der Waals surface area contributed by atoms with Crippen LogP contribution < -0.4 is 5.32 Å². The van der Waals surface area contributed by atoms with Gasteiger partial charge in [-0.05, 0) is 32.6 Å². The molecule has 0 aromatic carbocycles. The Morgan fingerprint density at radius 1 is 1.33 bits per heavy atom. The van der Waals surface area contributed by atoms with Crippen molar-refractivity contribution in [1.82, 2.24) is 9.97 Å². The molecule has 0 spiro atoms. The maximum absolute atomic E-state index is 11.3. The van der Waals surface area contributed by atoms with Crippen molar-refractivity contribution >= 4 is 15.7 Å². The zero-order valence-corrected chi connectivity index (χ0v) is 11.6. The molecule has 2 heterocycles. The van der Waals surface area contributed by atoms with Gasteiger partial charge in [-0.1, -0.05) is 0 Å². The monoisotopic (exact) mass is 269 g/mol. The lowest BCUT2D eigenvalue weighted by Gasteiger charge is -2.22. The minimum Gasteiger partial charge on any atom is -0.368 e. The number of nitrogens with one attached hydrogen (secondary N) is 1. The lowest BCUT2D eigenvalue weighted by atomic mass is 10.0. The Kier molecular flexibility index (Phi) is 3.85. The Morgan fingerprint density at radius 2 is 2.00 bits per heavy atom. The molecule has 0 saturated carbocycles. The second-order valence-corrected chi connectivity index (χ2v) is 7.23. The summed E-state index contributed by atoms with van der Waals surface area (Å²) in [6.45, 7) is 4.60. The molecule has 6 heteroatoms. The third kappa shape index (κ3) is 3.41. The zero-order chi connectivity index (χ0) is 13.2. The van der Waals surface area contributed by atoms with Crippen LogP contribution in [0, 0.1) is 19.8 Å². The summed E-state index contributed by atoms with van der Waals surface area (Å²) in [4.78, 5) is 8.64. The van der Waals surface area contributed by atoms with Crippen LogP contribution in [0.25, 0.3) is 0 Å². The van der Waals surface area contributed by atoms with Gasteiger partial charge >= 0.3 is 0 Å². The van der Waals surface area contributed by atoms with Crippen molar-refractivity contribution in [2.24, 2.45) is 5.92 Å². The number of aromatic nitrogens is 2. The summed E-state index contributed by atoms with van der Waals surface area (Å²) in [7, 11) is -2.77. The maximum Gasteiger partial charge on any atom is 0.150 e. The molecule has 1 aliphatic heterocycles. The zero-order valence-electron chi connectivity index (χ0n) is 10.8. The fourth-order valence-electron chi connectivity index (χ4n) is 2.09. The molecule has 2 rings (SSSR count). The second-order valence-electron chi connectivity index (χ2n) is 4.92. The fourth-order valence-corrected chi connectivity index (χ4v) is 3.68. The Hall–Kier alpha value is -1.17. The molecule has 0 atom stereocenters. The lowest BCUT2D eigenvalue weighted by Crippen LogP contribution is -2.28. The van der Waals surface area contributed by atoms with Crippen LogP contribution in [0.2, 0.25) is 0 Å². The van der Waals surface area contributed by atoms with Gasteiger partial charge in [-0.25, -0.2) is 13.4 Å². The molecule has 0 bridgehead atoms. The quantitative estimate of drug-likeness (QED) is 0.896. The first-order valence-electron chi connectivity index (χ1n) is 6.21. The number of aryl methyl sites for hydroxylation is 2. The van der Waals surface area contributed by atoms with Crippen molar-refractivity contribution in [3.8, 4) is 0 Å². The molecular formula is C12H19N3O2S. The number of hydrogen-bond acceptors (Lipinski definition) is 5. The van der Waals surface area contributed by atoms with Crippen LogP contribution in [0.4, 0.5) is 5.82 Å². The maximum atomic E-state index is 11.3. The van der Waals surface area contributed by atoms with E-state index in [2.05, 4.69) is 15.3 Å². The van der Waals surface area contributed by atoms with E-state index in [4.69, 9.17) is 0 Å². The van der Waals surface area contributed by atoms with Gasteiger partial charge in [0.05, 0.1) is 22.9 Å². The Balaban J connectivity index is 1.90. The van der Waals surface area contributed by atoms with Crippen LogP contribution in [-0.2, 0) is 9.84 Å². The van der Waals surface area contributed by atoms with Crippen molar-refractivity contribution in [2.45, 2.75) is 26.7 Å². The van der Waals surface area contributed by atoms with E-state index in [9.17, 15) is 8.42 Å². The van der Waals surface area contributed by atoms with Crippen LogP contribution in [0.1, 0.15) is 24.2 Å². The molecule has 1 aromatic rings. The van der Waals surface area contributed by atoms with Gasteiger partial charge in [-0.3, -0.25) is 4.98 Å². The topological polar surface area (TPSA) is 72.0 Å². The van der Waals surface area contributed by atoms with E-state index in [0.29, 0.717) is 17.4 Å². The van der Waals surface area contributed by atoms with E-state index in [1.807, 2.05) is 13.8 Å². The molecule has 0 amide bonds. The normalized spacial score (nSPS) is 19.7. The molecule has 0 aliphatic carbocycles. The lowest BCUT2D eigenvalue weighted by molar-refractivity contribution is 0.484. The second kappa shape index (κ2) is 5.22. The number of sulfone groups is 1. The van der Waals surface area contributed by atoms with Crippen LogP contribution in [0.15, 0.2) is 6.20 Å². The summed E-state index contributed by atoms with van der Waals surface area (Å²) in [5.41, 5.74) is 1.76. The summed E-state index contributed by atoms with van der Waals surface area (Å²) >= 11 is 0. The fraction of sp³-hybridized carbons (Fsp3) is 0.667. The van der Waals surface area contributed by atoms with E-state index in [-0.39, 0.29) is 0 Å². The highest BCUT2D eigenvalue weighted by molar-refractivity contribution is 7.91. The minimum atomic E-state index is -2.77. The summed E-state index contributed by atoms with van der Waals surface area (Å²) in [5, 5.41) is 3.28. The van der Waals surface area contributed by atoms with Crippen LogP contribution in [0.5, 0.6) is 0 Å². The number of hydrogen-bond donors (Lipinski definition) is 1. The molecule has 18 heavy (non-hydrogen) atoms. The van der Waals surface area contributed by atoms with Gasteiger partial charge in [0, 0.05) is 12.7 Å². The molecule has 0 unspecified atom stereocenters. The summed E-state index contributed by atoms with van der Waals surface area (Å²) < 4.78 is 22.7. The van der Waals surface area contributed by atoms with Crippen molar-refractivity contribution in [3.05, 3.63) is 17.6 Å². The van der Waals surface area contributed by atoms with Gasteiger partial charge in [0.1, 0.15) is 15.7 Å². The van der Waals surface area contributed by atoms with Gasteiger partial charge in [-0.15, -0.1) is 0 Å². The van der Waals surface area contributed by atoms with Crippen LogP contribution >= 0.6 is 0 Å². The molecular weight excluding hydrogens is 250 g/mol. The largest absolute Gasteiger partial charge is 0.368 e. The van der Waals surface area contributed by atoms with Gasteiger partial charge in [0.2, 0.25) is 0 Å². The van der Waals surface area contributed by atoms with E-state index in [1.165, 1.54) is 0 Å². The standard InChI is InChI=1S/C12H19N3O2S/c1-9-7-13-10(2)12(15-9)14-8-11-3-5-18(16,17)6-4-11/h7,11H,3-6,8H2,1-2H3,(H,14,15). The van der Waals surface area contributed by atoms with Gasteiger partial charge in [0.15, 0.2) is 0 Å². The summed E-state index contributed by atoms with van der Waals surface area (Å²) in [6.07, 6.45) is 3.23. The average Bonchev–Trinajstić information content (AvgIpc) is 2.32. The van der Waals surface area contributed by atoms with E-state index >= 15 is 0 Å². The highest BCUT2D eigenvalue weighted by Crippen LogP contribution is 2.19. The third-order valence-electron chi connectivity index (χ3n) is 3.31. The summed E-state index contributed by atoms with van der Waals surface area (Å²) in [5.74, 6) is 1.86. The summed E-state index contributed by atoms with van der Waals surface area (Å²) in [6, 6.07) is 0. The van der Waals surface area contributed by atoms with Gasteiger partial charge in [0.25, 0.3) is 0 Å². The number of anilines is 1. The molecule has 1 aromatic heterocycles. The van der Waals surface area contributed by atoms with Crippen molar-refractivity contribution in [3.63, 3.8) is 0 Å². The predicted molar refractivity (Wildman–Crippen MR) is 71.4 cm³/mol. The van der Waals surface area contributed by atoms with E-state index in [0.717, 1.165) is 36.6 Å². The molecule has 1 saturated heterocycles. The first-order chi connectivity index (χ1) is 8.46. The number of nitrogens with zero attached hydrogens (tertiary/aromatic N) is 2. The SMILES string of the molecule is Cc1cnc(C)c(NCC2CCS(=O)(=O)CC2)n1. The van der Waals surface area contributed by atoms with Crippen molar-refractivity contribution in [2.75, 3.05) is 23.4 Å². The van der Waals surface area contributed by atoms with Crippen LogP contribution in [0.3, 0.4) is 0 Å². The Labute approximate surface area is 108 Å². The van der Waals surface area contributed by atoms with Crippen molar-refractivity contribution in [1.29, 1.82) is 0 Å². The minimum absolute atomic E-state index is 0.317. The highest BCUT2D eigenvalue weighted by Gasteiger charge is 2.23. The molecule has 1 aliphatic rings. The first kappa shape index (κ1) is 13.3. The van der Waals surface area contributed by atoms with Gasteiger partial charge < -0.3 is 5.32 Å². The van der Waals surface area contributed by atoms with E-state index < -0.39 is 9.84 Å². The Bertz CT molecular complexity index is 514. The molecule has 0 radical (unpaired) electrons. The van der Waals surface area contributed by atoms with Crippen molar-refractivity contribution < 1.29 is 8.42 Å². The average molecular weight is 269 g/mol. The molecule has 1 N–H and O–H groups in total.